The Morgan fingerprint density at radius 3 is 2.78 bits per heavy atom. The van der Waals surface area contributed by atoms with Crippen LogP contribution in [0.2, 0.25) is 0 Å². The van der Waals surface area contributed by atoms with E-state index in [4.69, 9.17) is 14.9 Å². The van der Waals surface area contributed by atoms with Gasteiger partial charge in [0.05, 0.1) is 13.2 Å². The number of H-pyrrole nitrogens is 1. The topological polar surface area (TPSA) is 117 Å². The molecule has 0 radical (unpaired) electrons. The Kier molecular flexibility index (Phi) is 6.12. The molecule has 8 nitrogen and oxygen atoms in total. The van der Waals surface area contributed by atoms with Crippen LogP contribution >= 0.6 is 0 Å². The molecule has 0 aliphatic rings. The smallest absolute Gasteiger partial charge is 0.330 e. The van der Waals surface area contributed by atoms with Gasteiger partial charge >= 0.3 is 5.69 Å². The summed E-state index contributed by atoms with van der Waals surface area (Å²) in [5, 5.41) is 20.0. The first kappa shape index (κ1) is 14.4. The Morgan fingerprint density at radius 2 is 2.11 bits per heavy atom. The van der Waals surface area contributed by atoms with Crippen molar-refractivity contribution in [3.63, 3.8) is 0 Å². The first-order valence-corrected chi connectivity index (χ1v) is 5.56. The molecule has 0 aliphatic heterocycles. The van der Waals surface area contributed by atoms with Gasteiger partial charge in [-0.1, -0.05) is 0 Å². The Morgan fingerprint density at radius 1 is 1.33 bits per heavy atom. The van der Waals surface area contributed by atoms with Crippen molar-refractivity contribution in [2.45, 2.75) is 13.2 Å². The van der Waals surface area contributed by atoms with Gasteiger partial charge < -0.3 is 20.3 Å². The van der Waals surface area contributed by atoms with Crippen molar-refractivity contribution >= 4 is 5.69 Å². The summed E-state index contributed by atoms with van der Waals surface area (Å²) in [4.78, 5) is 25.0. The van der Waals surface area contributed by atoms with Crippen LogP contribution in [0.1, 0.15) is 6.42 Å². The van der Waals surface area contributed by atoms with Crippen LogP contribution in [0.3, 0.4) is 0 Å². The molecule has 0 unspecified atom stereocenters. The molecular formula is C10H17N3O5. The predicted octanol–water partition coefficient (Wildman–Crippen LogP) is -1.70. The molecule has 0 aromatic carbocycles. The van der Waals surface area contributed by atoms with E-state index in [9.17, 15) is 9.59 Å². The van der Waals surface area contributed by atoms with Crippen molar-refractivity contribution in [3.8, 4) is 0 Å². The second kappa shape index (κ2) is 7.64. The number of aromatic nitrogens is 2. The van der Waals surface area contributed by atoms with Crippen molar-refractivity contribution in [2.75, 3.05) is 31.7 Å². The van der Waals surface area contributed by atoms with E-state index in [0.29, 0.717) is 13.0 Å². The maximum Gasteiger partial charge on any atom is 0.330 e. The van der Waals surface area contributed by atoms with Crippen LogP contribution in [0.25, 0.3) is 0 Å². The van der Waals surface area contributed by atoms with E-state index in [1.165, 1.54) is 10.8 Å². The van der Waals surface area contributed by atoms with Crippen molar-refractivity contribution < 1.29 is 14.9 Å². The molecule has 1 heterocycles. The Hall–Kier alpha value is -1.64. The third-order valence-electron chi connectivity index (χ3n) is 2.13. The largest absolute Gasteiger partial charge is 0.396 e. The van der Waals surface area contributed by atoms with Gasteiger partial charge in [0, 0.05) is 19.3 Å². The third kappa shape index (κ3) is 4.32. The predicted molar refractivity (Wildman–Crippen MR) is 64.6 cm³/mol. The number of nitrogens with one attached hydrogen (secondary N) is 2. The standard InChI is InChI=1S/C10H17N3O5/c14-3-1-2-11-8-6-13(7-18-5-4-15)10(17)12-9(8)16/h6,11,14-15H,1-5,7H2,(H,12,16,17). The molecule has 0 spiro atoms. The lowest BCUT2D eigenvalue weighted by Gasteiger charge is -2.09. The zero-order valence-corrected chi connectivity index (χ0v) is 9.89. The minimum atomic E-state index is -0.578. The molecule has 0 fully saturated rings. The molecule has 0 amide bonds. The maximum atomic E-state index is 11.4. The summed E-state index contributed by atoms with van der Waals surface area (Å²) in [6, 6.07) is 0. The van der Waals surface area contributed by atoms with Crippen LogP contribution in [0, 0.1) is 0 Å². The number of hydrogen-bond acceptors (Lipinski definition) is 6. The van der Waals surface area contributed by atoms with Gasteiger partial charge in [-0.2, -0.15) is 0 Å². The summed E-state index contributed by atoms with van der Waals surface area (Å²) in [6.45, 7) is 0.364. The number of anilines is 1. The summed E-state index contributed by atoms with van der Waals surface area (Å²) in [5.41, 5.74) is -0.863. The number of nitrogens with zero attached hydrogens (tertiary/aromatic N) is 1. The molecule has 0 bridgehead atoms. The van der Waals surface area contributed by atoms with Crippen LogP contribution in [-0.2, 0) is 11.5 Å². The van der Waals surface area contributed by atoms with Crippen molar-refractivity contribution in [1.29, 1.82) is 0 Å². The number of aliphatic hydroxyl groups is 2. The minimum absolute atomic E-state index is 0.0180. The minimum Gasteiger partial charge on any atom is -0.396 e. The molecule has 1 rings (SSSR count). The second-order valence-electron chi connectivity index (χ2n) is 3.54. The van der Waals surface area contributed by atoms with Crippen molar-refractivity contribution in [3.05, 3.63) is 27.0 Å². The average molecular weight is 259 g/mol. The highest BCUT2D eigenvalue weighted by Gasteiger charge is 2.03. The van der Waals surface area contributed by atoms with E-state index in [1.807, 2.05) is 0 Å². The van der Waals surface area contributed by atoms with Gasteiger partial charge in [0.1, 0.15) is 12.4 Å². The fourth-order valence-electron chi connectivity index (χ4n) is 1.26. The molecule has 102 valence electrons. The Balaban J connectivity index is 2.75. The second-order valence-corrected chi connectivity index (χ2v) is 3.54. The van der Waals surface area contributed by atoms with E-state index in [1.54, 1.807) is 0 Å². The molecule has 0 aliphatic carbocycles. The summed E-state index contributed by atoms with van der Waals surface area (Å²) in [5.74, 6) is 0. The molecule has 0 saturated carbocycles. The lowest BCUT2D eigenvalue weighted by atomic mass is 10.4. The van der Waals surface area contributed by atoms with Gasteiger partial charge in [0.15, 0.2) is 0 Å². The van der Waals surface area contributed by atoms with Gasteiger partial charge in [-0.25, -0.2) is 4.79 Å². The molecule has 8 heteroatoms. The SMILES string of the molecule is O=c1[nH]c(=O)n(COCCO)cc1NCCCO. The highest BCUT2D eigenvalue weighted by molar-refractivity contribution is 5.37. The first-order valence-electron chi connectivity index (χ1n) is 5.56. The third-order valence-corrected chi connectivity index (χ3v) is 2.13. The molecule has 18 heavy (non-hydrogen) atoms. The molecule has 0 atom stereocenters. The van der Waals surface area contributed by atoms with Gasteiger partial charge in [-0.3, -0.25) is 14.3 Å². The van der Waals surface area contributed by atoms with Gasteiger partial charge in [0.2, 0.25) is 0 Å². The molecular weight excluding hydrogens is 242 g/mol. The summed E-state index contributed by atoms with van der Waals surface area (Å²) >= 11 is 0. The van der Waals surface area contributed by atoms with E-state index < -0.39 is 11.2 Å². The number of aromatic amines is 1. The average Bonchev–Trinajstić information content (AvgIpc) is 2.34. The fraction of sp³-hybridized carbons (Fsp3) is 0.600. The number of rotatable bonds is 8. The van der Waals surface area contributed by atoms with Crippen LogP contribution in [0.15, 0.2) is 15.8 Å². The van der Waals surface area contributed by atoms with Crippen molar-refractivity contribution in [2.24, 2.45) is 0 Å². The molecule has 0 saturated heterocycles. The van der Waals surface area contributed by atoms with E-state index in [2.05, 4.69) is 10.3 Å². The van der Waals surface area contributed by atoms with Gasteiger partial charge in [0.25, 0.3) is 5.56 Å². The highest BCUT2D eigenvalue weighted by atomic mass is 16.5. The lowest BCUT2D eigenvalue weighted by molar-refractivity contribution is 0.0457. The highest BCUT2D eigenvalue weighted by Crippen LogP contribution is 1.95. The van der Waals surface area contributed by atoms with Crippen LogP contribution in [-0.4, -0.2) is 46.1 Å². The number of hydrogen-bond donors (Lipinski definition) is 4. The molecule has 1 aromatic heterocycles. The van der Waals surface area contributed by atoms with Crippen molar-refractivity contribution in [1.82, 2.24) is 9.55 Å². The van der Waals surface area contributed by atoms with E-state index >= 15 is 0 Å². The lowest BCUT2D eigenvalue weighted by Crippen LogP contribution is -2.32. The number of aliphatic hydroxyl groups excluding tert-OH is 2. The van der Waals surface area contributed by atoms with Crippen LogP contribution in [0.4, 0.5) is 5.69 Å². The monoisotopic (exact) mass is 259 g/mol. The summed E-state index contributed by atoms with van der Waals surface area (Å²) in [7, 11) is 0. The maximum absolute atomic E-state index is 11.4. The summed E-state index contributed by atoms with van der Waals surface area (Å²) in [6.07, 6.45) is 1.84. The van der Waals surface area contributed by atoms with Crippen LogP contribution < -0.4 is 16.6 Å². The van der Waals surface area contributed by atoms with E-state index in [-0.39, 0.29) is 32.2 Å². The quantitative estimate of drug-likeness (QED) is 0.413. The normalized spacial score (nSPS) is 10.6. The van der Waals surface area contributed by atoms with Crippen LogP contribution in [0.5, 0.6) is 0 Å². The van der Waals surface area contributed by atoms with E-state index in [0.717, 1.165) is 0 Å². The molecule has 1 aromatic rings. The molecule has 4 N–H and O–H groups in total. The Bertz CT molecular complexity index is 428. The van der Waals surface area contributed by atoms with Gasteiger partial charge in [-0.05, 0) is 6.42 Å². The van der Waals surface area contributed by atoms with Gasteiger partial charge in [-0.15, -0.1) is 0 Å². The first-order chi connectivity index (χ1) is 8.69. The number of ether oxygens (including phenoxy) is 1. The Labute approximate surface area is 103 Å². The zero-order valence-electron chi connectivity index (χ0n) is 9.89. The summed E-state index contributed by atoms with van der Waals surface area (Å²) < 4.78 is 6.17. The fourth-order valence-corrected chi connectivity index (χ4v) is 1.26. The zero-order chi connectivity index (χ0) is 13.4.